The lowest BCUT2D eigenvalue weighted by Gasteiger charge is -2.22. The highest BCUT2D eigenvalue weighted by molar-refractivity contribution is 8.00. The lowest BCUT2D eigenvalue weighted by molar-refractivity contribution is -0.121. The van der Waals surface area contributed by atoms with Crippen LogP contribution in [0.4, 0.5) is 5.69 Å². The standard InChI is InChI=1S/C9H9NO2S/c1-12-9-8(11)10-6-4-2-3-5-7(6)13-9/h2-5,9H,1H3,(H,10,11)/t9-/m0/s1. The van der Waals surface area contributed by atoms with Crippen molar-refractivity contribution >= 4 is 23.4 Å². The van der Waals surface area contributed by atoms with Crippen LogP contribution in [0.3, 0.4) is 0 Å². The monoisotopic (exact) mass is 195 g/mol. The highest BCUT2D eigenvalue weighted by Crippen LogP contribution is 2.35. The van der Waals surface area contributed by atoms with Gasteiger partial charge in [0, 0.05) is 12.0 Å². The quantitative estimate of drug-likeness (QED) is 0.741. The topological polar surface area (TPSA) is 38.3 Å². The molecule has 0 saturated heterocycles. The maximum absolute atomic E-state index is 11.3. The molecule has 1 atom stereocenters. The Morgan fingerprint density at radius 3 is 3.00 bits per heavy atom. The smallest absolute Gasteiger partial charge is 0.264 e. The maximum Gasteiger partial charge on any atom is 0.264 e. The Hall–Kier alpha value is -1.00. The minimum absolute atomic E-state index is 0.0915. The number of carbonyl (C=O) groups excluding carboxylic acids is 1. The molecule has 3 nitrogen and oxygen atoms in total. The first-order valence-electron chi connectivity index (χ1n) is 3.90. The van der Waals surface area contributed by atoms with Crippen LogP contribution in [0.2, 0.25) is 0 Å². The van der Waals surface area contributed by atoms with Gasteiger partial charge in [-0.2, -0.15) is 0 Å². The molecule has 1 heterocycles. The van der Waals surface area contributed by atoms with Gasteiger partial charge in [0.25, 0.3) is 5.91 Å². The molecule has 68 valence electrons. The average molecular weight is 195 g/mol. The lowest BCUT2D eigenvalue weighted by Crippen LogP contribution is -2.30. The summed E-state index contributed by atoms with van der Waals surface area (Å²) in [6.45, 7) is 0. The second-order valence-electron chi connectivity index (χ2n) is 2.67. The van der Waals surface area contributed by atoms with Crippen LogP contribution in [0.25, 0.3) is 0 Å². The number of ether oxygens (including phenoxy) is 1. The lowest BCUT2D eigenvalue weighted by atomic mass is 10.3. The Labute approximate surface area is 80.5 Å². The predicted octanol–water partition coefficient (Wildman–Crippen LogP) is 1.70. The summed E-state index contributed by atoms with van der Waals surface area (Å²) in [4.78, 5) is 12.4. The van der Waals surface area contributed by atoms with Gasteiger partial charge >= 0.3 is 0 Å². The van der Waals surface area contributed by atoms with E-state index in [-0.39, 0.29) is 5.91 Å². The summed E-state index contributed by atoms with van der Waals surface area (Å²) < 4.78 is 5.01. The van der Waals surface area contributed by atoms with E-state index in [2.05, 4.69) is 5.32 Å². The van der Waals surface area contributed by atoms with Crippen LogP contribution < -0.4 is 5.32 Å². The van der Waals surface area contributed by atoms with Crippen molar-refractivity contribution in [3.05, 3.63) is 24.3 Å². The zero-order valence-corrected chi connectivity index (χ0v) is 7.93. The Morgan fingerprint density at radius 1 is 1.46 bits per heavy atom. The Kier molecular flexibility index (Phi) is 2.24. The van der Waals surface area contributed by atoms with Crippen LogP contribution in [-0.2, 0) is 9.53 Å². The van der Waals surface area contributed by atoms with Gasteiger partial charge in [0.15, 0.2) is 5.44 Å². The van der Waals surface area contributed by atoms with E-state index in [0.29, 0.717) is 0 Å². The number of hydrogen-bond acceptors (Lipinski definition) is 3. The minimum atomic E-state index is -0.421. The number of thioether (sulfide) groups is 1. The predicted molar refractivity (Wildman–Crippen MR) is 51.7 cm³/mol. The molecule has 1 aromatic carbocycles. The van der Waals surface area contributed by atoms with E-state index >= 15 is 0 Å². The summed E-state index contributed by atoms with van der Waals surface area (Å²) in [7, 11) is 1.53. The summed E-state index contributed by atoms with van der Waals surface area (Å²) in [6.07, 6.45) is 0. The van der Waals surface area contributed by atoms with Gasteiger partial charge in [-0.25, -0.2) is 0 Å². The van der Waals surface area contributed by atoms with Crippen LogP contribution in [0.1, 0.15) is 0 Å². The van der Waals surface area contributed by atoms with Gasteiger partial charge in [-0.1, -0.05) is 23.9 Å². The number of benzene rings is 1. The second kappa shape index (κ2) is 3.40. The average Bonchev–Trinajstić information content (AvgIpc) is 2.17. The molecular formula is C9H9NO2S. The van der Waals surface area contributed by atoms with Crippen molar-refractivity contribution in [2.75, 3.05) is 12.4 Å². The molecule has 1 aliphatic heterocycles. The third-order valence-electron chi connectivity index (χ3n) is 1.81. The molecule has 2 rings (SSSR count). The van der Waals surface area contributed by atoms with Crippen LogP contribution in [0.15, 0.2) is 29.2 Å². The van der Waals surface area contributed by atoms with Gasteiger partial charge in [0.2, 0.25) is 0 Å². The van der Waals surface area contributed by atoms with E-state index in [0.717, 1.165) is 10.6 Å². The summed E-state index contributed by atoms with van der Waals surface area (Å²) in [5.74, 6) is -0.0915. The highest BCUT2D eigenvalue weighted by Gasteiger charge is 2.25. The van der Waals surface area contributed by atoms with E-state index in [4.69, 9.17) is 4.74 Å². The summed E-state index contributed by atoms with van der Waals surface area (Å²) in [6, 6.07) is 7.68. The maximum atomic E-state index is 11.3. The molecule has 1 amide bonds. The Balaban J connectivity index is 2.33. The highest BCUT2D eigenvalue weighted by atomic mass is 32.2. The number of hydrogen-bond donors (Lipinski definition) is 1. The molecule has 1 aromatic rings. The van der Waals surface area contributed by atoms with Gasteiger partial charge in [-0.15, -0.1) is 0 Å². The number of methoxy groups -OCH3 is 1. The molecule has 1 aliphatic rings. The van der Waals surface area contributed by atoms with Crippen molar-refractivity contribution in [3.63, 3.8) is 0 Å². The molecule has 0 bridgehead atoms. The number of carbonyl (C=O) groups is 1. The number of nitrogens with one attached hydrogen (secondary N) is 1. The van der Waals surface area contributed by atoms with Crippen molar-refractivity contribution in [1.29, 1.82) is 0 Å². The number of rotatable bonds is 1. The molecule has 4 heteroatoms. The van der Waals surface area contributed by atoms with E-state index in [1.54, 1.807) is 0 Å². The summed E-state index contributed by atoms with van der Waals surface area (Å²) in [5.41, 5.74) is 0.445. The van der Waals surface area contributed by atoms with E-state index < -0.39 is 5.44 Å². The van der Waals surface area contributed by atoms with Crippen molar-refractivity contribution in [1.82, 2.24) is 0 Å². The number of anilines is 1. The van der Waals surface area contributed by atoms with E-state index in [1.165, 1.54) is 18.9 Å². The first-order chi connectivity index (χ1) is 6.31. The third-order valence-corrected chi connectivity index (χ3v) is 3.04. The van der Waals surface area contributed by atoms with Gasteiger partial charge in [-0.05, 0) is 12.1 Å². The fourth-order valence-electron chi connectivity index (χ4n) is 1.19. The van der Waals surface area contributed by atoms with Crippen molar-refractivity contribution in [3.8, 4) is 0 Å². The SMILES string of the molecule is CO[C@H]1Sc2ccccc2NC1=O. The van der Waals surface area contributed by atoms with Crippen LogP contribution in [0, 0.1) is 0 Å². The molecule has 0 saturated carbocycles. The molecule has 0 fully saturated rings. The minimum Gasteiger partial charge on any atom is -0.360 e. The number of para-hydroxylation sites is 1. The third kappa shape index (κ3) is 1.55. The Bertz CT molecular complexity index is 340. The zero-order chi connectivity index (χ0) is 9.26. The molecule has 13 heavy (non-hydrogen) atoms. The normalized spacial score (nSPS) is 20.7. The number of fused-ring (bicyclic) bond motifs is 1. The molecule has 0 unspecified atom stereocenters. The van der Waals surface area contributed by atoms with Crippen molar-refractivity contribution in [2.24, 2.45) is 0 Å². The molecule has 0 aliphatic carbocycles. The van der Waals surface area contributed by atoms with Gasteiger partial charge in [0.05, 0.1) is 5.69 Å². The van der Waals surface area contributed by atoms with Crippen molar-refractivity contribution < 1.29 is 9.53 Å². The fraction of sp³-hybridized carbons (Fsp3) is 0.222. The first kappa shape index (κ1) is 8.59. The summed E-state index contributed by atoms with van der Waals surface area (Å²) in [5, 5.41) is 2.78. The second-order valence-corrected chi connectivity index (χ2v) is 3.77. The van der Waals surface area contributed by atoms with Crippen LogP contribution in [-0.4, -0.2) is 18.5 Å². The molecule has 0 radical (unpaired) electrons. The van der Waals surface area contributed by atoms with Gasteiger partial charge < -0.3 is 10.1 Å². The largest absolute Gasteiger partial charge is 0.360 e. The van der Waals surface area contributed by atoms with E-state index in [1.807, 2.05) is 24.3 Å². The summed E-state index contributed by atoms with van der Waals surface area (Å²) >= 11 is 1.43. The van der Waals surface area contributed by atoms with Crippen LogP contribution >= 0.6 is 11.8 Å². The molecule has 1 N–H and O–H groups in total. The number of amides is 1. The van der Waals surface area contributed by atoms with Gasteiger partial charge in [0.1, 0.15) is 0 Å². The molecule has 0 aromatic heterocycles. The van der Waals surface area contributed by atoms with Crippen LogP contribution in [0.5, 0.6) is 0 Å². The molecular weight excluding hydrogens is 186 g/mol. The van der Waals surface area contributed by atoms with E-state index in [9.17, 15) is 4.79 Å². The first-order valence-corrected chi connectivity index (χ1v) is 4.78. The van der Waals surface area contributed by atoms with Gasteiger partial charge in [-0.3, -0.25) is 4.79 Å². The van der Waals surface area contributed by atoms with Crippen molar-refractivity contribution in [2.45, 2.75) is 10.3 Å². The molecule has 0 spiro atoms. The Morgan fingerprint density at radius 2 is 2.23 bits per heavy atom. The fourth-order valence-corrected chi connectivity index (χ4v) is 2.08. The zero-order valence-electron chi connectivity index (χ0n) is 7.11.